The number of hydrogen-bond acceptors (Lipinski definition) is 2. The summed E-state index contributed by atoms with van der Waals surface area (Å²) in [5.41, 5.74) is 2.87. The SMILES string of the molecule is C=C(CC)CC(NCC)C1Cc2ccccc2S1. The average molecular weight is 261 g/mol. The molecule has 0 saturated heterocycles. The van der Waals surface area contributed by atoms with Gasteiger partial charge < -0.3 is 5.32 Å². The highest BCUT2D eigenvalue weighted by atomic mass is 32.2. The molecular weight excluding hydrogens is 238 g/mol. The van der Waals surface area contributed by atoms with Gasteiger partial charge in [0.25, 0.3) is 0 Å². The van der Waals surface area contributed by atoms with Gasteiger partial charge in [-0.15, -0.1) is 11.8 Å². The van der Waals surface area contributed by atoms with Gasteiger partial charge in [0.05, 0.1) is 0 Å². The molecule has 1 heterocycles. The Bertz CT molecular complexity index is 388. The van der Waals surface area contributed by atoms with Crippen molar-refractivity contribution in [1.82, 2.24) is 5.32 Å². The third-order valence-electron chi connectivity index (χ3n) is 3.60. The topological polar surface area (TPSA) is 12.0 Å². The van der Waals surface area contributed by atoms with Crippen LogP contribution in [0.3, 0.4) is 0 Å². The number of hydrogen-bond donors (Lipinski definition) is 1. The van der Waals surface area contributed by atoms with E-state index in [1.807, 2.05) is 11.8 Å². The Balaban J connectivity index is 2.03. The smallest absolute Gasteiger partial charge is 0.0292 e. The van der Waals surface area contributed by atoms with Crippen LogP contribution < -0.4 is 5.32 Å². The Labute approximate surface area is 115 Å². The molecule has 0 radical (unpaired) electrons. The predicted molar refractivity (Wildman–Crippen MR) is 81.3 cm³/mol. The van der Waals surface area contributed by atoms with E-state index in [0.29, 0.717) is 11.3 Å². The number of benzene rings is 1. The van der Waals surface area contributed by atoms with E-state index in [2.05, 4.69) is 50.0 Å². The van der Waals surface area contributed by atoms with E-state index >= 15 is 0 Å². The lowest BCUT2D eigenvalue weighted by Gasteiger charge is -2.24. The molecule has 2 heteroatoms. The molecule has 0 aliphatic carbocycles. The first-order chi connectivity index (χ1) is 8.74. The fourth-order valence-corrected chi connectivity index (χ4v) is 3.89. The summed E-state index contributed by atoms with van der Waals surface area (Å²) in [6, 6.07) is 9.36. The van der Waals surface area contributed by atoms with Crippen LogP contribution in [0.5, 0.6) is 0 Å². The first-order valence-electron chi connectivity index (χ1n) is 6.89. The Morgan fingerprint density at radius 3 is 2.89 bits per heavy atom. The van der Waals surface area contributed by atoms with Gasteiger partial charge >= 0.3 is 0 Å². The molecule has 0 amide bonds. The standard InChI is InChI=1S/C16H23NS/c1-4-12(3)10-14(17-5-2)16-11-13-8-6-7-9-15(13)18-16/h6-9,14,16-17H,3-5,10-11H2,1-2H3. The molecule has 98 valence electrons. The third-order valence-corrected chi connectivity index (χ3v) is 5.05. The fraction of sp³-hybridized carbons (Fsp3) is 0.500. The zero-order chi connectivity index (χ0) is 13.0. The first-order valence-corrected chi connectivity index (χ1v) is 7.77. The van der Waals surface area contributed by atoms with Crippen molar-refractivity contribution in [3.8, 4) is 0 Å². The lowest BCUT2D eigenvalue weighted by atomic mass is 9.98. The summed E-state index contributed by atoms with van der Waals surface area (Å²) in [4.78, 5) is 1.47. The molecule has 18 heavy (non-hydrogen) atoms. The second kappa shape index (κ2) is 6.44. The van der Waals surface area contributed by atoms with Gasteiger partial charge in [0.1, 0.15) is 0 Å². The molecule has 0 fully saturated rings. The van der Waals surface area contributed by atoms with Crippen LogP contribution >= 0.6 is 11.8 Å². The lowest BCUT2D eigenvalue weighted by Crippen LogP contribution is -2.38. The van der Waals surface area contributed by atoms with Crippen molar-refractivity contribution in [3.63, 3.8) is 0 Å². The summed E-state index contributed by atoms with van der Waals surface area (Å²) in [7, 11) is 0. The highest BCUT2D eigenvalue weighted by Crippen LogP contribution is 2.39. The van der Waals surface area contributed by atoms with E-state index in [4.69, 9.17) is 0 Å². The summed E-state index contributed by atoms with van der Waals surface area (Å²) < 4.78 is 0. The van der Waals surface area contributed by atoms with E-state index in [0.717, 1.165) is 19.4 Å². The lowest BCUT2D eigenvalue weighted by molar-refractivity contribution is 0.501. The molecule has 0 bridgehead atoms. The van der Waals surface area contributed by atoms with Crippen LogP contribution in [0.1, 0.15) is 32.3 Å². The normalized spacial score (nSPS) is 19.6. The molecule has 2 rings (SSSR count). The van der Waals surface area contributed by atoms with Crippen molar-refractivity contribution in [1.29, 1.82) is 0 Å². The van der Waals surface area contributed by atoms with Crippen LogP contribution in [0.2, 0.25) is 0 Å². The molecule has 1 aliphatic heterocycles. The van der Waals surface area contributed by atoms with E-state index in [-0.39, 0.29) is 0 Å². The Morgan fingerprint density at radius 2 is 2.22 bits per heavy atom. The maximum Gasteiger partial charge on any atom is 0.0292 e. The van der Waals surface area contributed by atoms with E-state index in [1.54, 1.807) is 0 Å². The first kappa shape index (κ1) is 13.7. The predicted octanol–water partition coefficient (Wildman–Crippen LogP) is 4.04. The van der Waals surface area contributed by atoms with Gasteiger partial charge in [-0.05, 0) is 37.4 Å². The van der Waals surface area contributed by atoms with Crippen LogP contribution in [-0.2, 0) is 6.42 Å². The Hall–Kier alpha value is -0.730. The van der Waals surface area contributed by atoms with E-state index in [1.165, 1.54) is 22.5 Å². The fourth-order valence-electron chi connectivity index (χ4n) is 2.49. The minimum atomic E-state index is 0.555. The van der Waals surface area contributed by atoms with Crippen LogP contribution in [-0.4, -0.2) is 17.8 Å². The second-order valence-electron chi connectivity index (χ2n) is 4.94. The summed E-state index contributed by atoms with van der Waals surface area (Å²) >= 11 is 2.03. The molecule has 0 saturated carbocycles. The number of nitrogens with one attached hydrogen (secondary N) is 1. The highest BCUT2D eigenvalue weighted by Gasteiger charge is 2.28. The molecular formula is C16H23NS. The summed E-state index contributed by atoms with van der Waals surface area (Å²) in [5.74, 6) is 0. The van der Waals surface area contributed by atoms with E-state index in [9.17, 15) is 0 Å². The number of fused-ring (bicyclic) bond motifs is 1. The average Bonchev–Trinajstić information content (AvgIpc) is 2.81. The van der Waals surface area contributed by atoms with Gasteiger partial charge in [-0.3, -0.25) is 0 Å². The van der Waals surface area contributed by atoms with Crippen molar-refractivity contribution >= 4 is 11.8 Å². The molecule has 1 nitrogen and oxygen atoms in total. The largest absolute Gasteiger partial charge is 0.313 e. The zero-order valence-corrected chi connectivity index (χ0v) is 12.2. The Kier molecular flexibility index (Phi) is 4.90. The van der Waals surface area contributed by atoms with Gasteiger partial charge in [0.15, 0.2) is 0 Å². The summed E-state index contributed by atoms with van der Waals surface area (Å²) in [6.07, 6.45) is 3.39. The molecule has 0 spiro atoms. The zero-order valence-electron chi connectivity index (χ0n) is 11.4. The van der Waals surface area contributed by atoms with Gasteiger partial charge in [0.2, 0.25) is 0 Å². The molecule has 1 aromatic rings. The summed E-state index contributed by atoms with van der Waals surface area (Å²) in [5, 5.41) is 4.30. The van der Waals surface area contributed by atoms with Crippen LogP contribution in [0, 0.1) is 0 Å². The van der Waals surface area contributed by atoms with Crippen molar-refractivity contribution in [3.05, 3.63) is 42.0 Å². The molecule has 2 unspecified atom stereocenters. The van der Waals surface area contributed by atoms with E-state index < -0.39 is 0 Å². The maximum atomic E-state index is 4.17. The quantitative estimate of drug-likeness (QED) is 0.776. The highest BCUT2D eigenvalue weighted by molar-refractivity contribution is 8.00. The van der Waals surface area contributed by atoms with Crippen molar-refractivity contribution in [2.75, 3.05) is 6.54 Å². The second-order valence-corrected chi connectivity index (χ2v) is 6.22. The molecule has 1 aliphatic rings. The molecule has 1 N–H and O–H groups in total. The van der Waals surface area contributed by atoms with Gasteiger partial charge in [-0.2, -0.15) is 0 Å². The number of rotatable bonds is 6. The maximum absolute atomic E-state index is 4.17. The van der Waals surface area contributed by atoms with Crippen LogP contribution in [0.25, 0.3) is 0 Å². The monoisotopic (exact) mass is 261 g/mol. The van der Waals surface area contributed by atoms with Crippen molar-refractivity contribution in [2.45, 2.75) is 49.3 Å². The summed E-state index contributed by atoms with van der Waals surface area (Å²) in [6.45, 7) is 9.59. The van der Waals surface area contributed by atoms with Crippen LogP contribution in [0.4, 0.5) is 0 Å². The van der Waals surface area contributed by atoms with Crippen molar-refractivity contribution < 1.29 is 0 Å². The van der Waals surface area contributed by atoms with Gasteiger partial charge in [-0.25, -0.2) is 0 Å². The Morgan fingerprint density at radius 1 is 1.44 bits per heavy atom. The molecule has 2 atom stereocenters. The molecule has 1 aromatic carbocycles. The third kappa shape index (κ3) is 3.18. The minimum Gasteiger partial charge on any atom is -0.313 e. The van der Waals surface area contributed by atoms with Crippen molar-refractivity contribution in [2.24, 2.45) is 0 Å². The van der Waals surface area contributed by atoms with Gasteiger partial charge in [0, 0.05) is 16.2 Å². The van der Waals surface area contributed by atoms with Crippen LogP contribution in [0.15, 0.2) is 41.3 Å². The van der Waals surface area contributed by atoms with Gasteiger partial charge in [-0.1, -0.05) is 44.2 Å². The minimum absolute atomic E-state index is 0.555. The molecule has 0 aromatic heterocycles. The number of thioether (sulfide) groups is 1.